The van der Waals surface area contributed by atoms with E-state index in [0.717, 1.165) is 17.9 Å². The Morgan fingerprint density at radius 2 is 2.06 bits per heavy atom. The van der Waals surface area contributed by atoms with Crippen LogP contribution in [0.5, 0.6) is 0 Å². The molecule has 0 aromatic carbocycles. The van der Waals surface area contributed by atoms with Crippen molar-refractivity contribution < 1.29 is 9.59 Å². The van der Waals surface area contributed by atoms with E-state index in [1.807, 2.05) is 25.6 Å². The minimum Gasteiger partial charge on any atom is -0.343 e. The summed E-state index contributed by atoms with van der Waals surface area (Å²) in [5.74, 6) is 2.15. The maximum absolute atomic E-state index is 12.2. The van der Waals surface area contributed by atoms with E-state index in [9.17, 15) is 9.59 Å². The third kappa shape index (κ3) is 2.99. The Hall–Kier alpha value is -0.710. The van der Waals surface area contributed by atoms with Crippen LogP contribution in [0.15, 0.2) is 0 Å². The van der Waals surface area contributed by atoms with E-state index in [1.165, 1.54) is 0 Å². The van der Waals surface area contributed by atoms with Crippen LogP contribution in [0.3, 0.4) is 0 Å². The molecule has 2 unspecified atom stereocenters. The van der Waals surface area contributed by atoms with E-state index in [2.05, 4.69) is 12.2 Å². The molecule has 1 heterocycles. The molecule has 1 saturated heterocycles. The Morgan fingerprint density at radius 3 is 2.61 bits per heavy atom. The molecule has 4 nitrogen and oxygen atoms in total. The third-order valence-electron chi connectivity index (χ3n) is 3.63. The topological polar surface area (TPSA) is 49.4 Å². The van der Waals surface area contributed by atoms with Gasteiger partial charge in [-0.05, 0) is 38.2 Å². The van der Waals surface area contributed by atoms with Gasteiger partial charge in [-0.25, -0.2) is 0 Å². The number of thioether (sulfide) groups is 1. The number of hydrogen-bond acceptors (Lipinski definition) is 3. The van der Waals surface area contributed by atoms with Crippen molar-refractivity contribution in [3.8, 4) is 0 Å². The van der Waals surface area contributed by atoms with Crippen LogP contribution in [-0.4, -0.2) is 46.3 Å². The van der Waals surface area contributed by atoms with Crippen LogP contribution < -0.4 is 5.32 Å². The molecule has 0 radical (unpaired) electrons. The van der Waals surface area contributed by atoms with Crippen molar-refractivity contribution in [1.82, 2.24) is 10.2 Å². The molecule has 0 aromatic rings. The molecule has 104 valence electrons. The van der Waals surface area contributed by atoms with Gasteiger partial charge in [0.25, 0.3) is 0 Å². The summed E-state index contributed by atoms with van der Waals surface area (Å²) in [7, 11) is 0. The maximum Gasteiger partial charge on any atom is 0.246 e. The standard InChI is InChI=1S/C13H24N2O2S/c1-5-13(4)12(17)14-10(3)11(16)15(13)8-7-9-18-6-2/h10H,5-9H2,1-4H3,(H,14,17). The second-order valence-electron chi connectivity index (χ2n) is 4.86. The number of nitrogens with zero attached hydrogens (tertiary/aromatic N) is 1. The van der Waals surface area contributed by atoms with E-state index < -0.39 is 11.6 Å². The smallest absolute Gasteiger partial charge is 0.246 e. The van der Waals surface area contributed by atoms with Gasteiger partial charge in [0, 0.05) is 6.54 Å². The highest BCUT2D eigenvalue weighted by Crippen LogP contribution is 2.25. The molecule has 1 rings (SSSR count). The average Bonchev–Trinajstić information content (AvgIpc) is 2.35. The molecular formula is C13H24N2O2S. The quantitative estimate of drug-likeness (QED) is 0.748. The van der Waals surface area contributed by atoms with Crippen LogP contribution in [0.4, 0.5) is 0 Å². The molecule has 0 aliphatic carbocycles. The van der Waals surface area contributed by atoms with Crippen molar-refractivity contribution in [2.75, 3.05) is 18.1 Å². The summed E-state index contributed by atoms with van der Waals surface area (Å²) in [5.41, 5.74) is -0.680. The summed E-state index contributed by atoms with van der Waals surface area (Å²) in [6.45, 7) is 8.37. The zero-order chi connectivity index (χ0) is 13.8. The van der Waals surface area contributed by atoms with Crippen molar-refractivity contribution >= 4 is 23.6 Å². The zero-order valence-corrected chi connectivity index (χ0v) is 12.6. The zero-order valence-electron chi connectivity index (χ0n) is 11.8. The number of hydrogen-bond donors (Lipinski definition) is 1. The number of nitrogens with one attached hydrogen (secondary N) is 1. The molecule has 1 fully saturated rings. The highest BCUT2D eigenvalue weighted by molar-refractivity contribution is 7.99. The first-order valence-corrected chi connectivity index (χ1v) is 7.83. The molecule has 5 heteroatoms. The van der Waals surface area contributed by atoms with Gasteiger partial charge >= 0.3 is 0 Å². The molecule has 0 bridgehead atoms. The number of piperazine rings is 1. The van der Waals surface area contributed by atoms with E-state index in [4.69, 9.17) is 0 Å². The number of carbonyl (C=O) groups is 2. The Morgan fingerprint density at radius 1 is 1.39 bits per heavy atom. The second-order valence-corrected chi connectivity index (χ2v) is 6.26. The Bertz CT molecular complexity index is 322. The molecule has 0 saturated carbocycles. The average molecular weight is 272 g/mol. The lowest BCUT2D eigenvalue weighted by Crippen LogP contribution is -2.68. The van der Waals surface area contributed by atoms with Crippen LogP contribution >= 0.6 is 11.8 Å². The van der Waals surface area contributed by atoms with Gasteiger partial charge in [-0.2, -0.15) is 11.8 Å². The Labute approximate surface area is 114 Å². The first-order chi connectivity index (χ1) is 8.47. The van der Waals surface area contributed by atoms with Crippen molar-refractivity contribution in [2.45, 2.75) is 52.1 Å². The highest BCUT2D eigenvalue weighted by Gasteiger charge is 2.46. The summed E-state index contributed by atoms with van der Waals surface area (Å²) in [6, 6.07) is -0.393. The van der Waals surface area contributed by atoms with E-state index in [-0.39, 0.29) is 11.8 Å². The highest BCUT2D eigenvalue weighted by atomic mass is 32.2. The molecule has 1 aliphatic rings. The Kier molecular flexibility index (Phi) is 5.50. The SMILES string of the molecule is CCSCCCN1C(=O)C(C)NC(=O)C1(C)CC. The lowest BCUT2D eigenvalue weighted by Gasteiger charge is -2.45. The first-order valence-electron chi connectivity index (χ1n) is 6.67. The lowest BCUT2D eigenvalue weighted by atomic mass is 9.90. The minimum atomic E-state index is -0.680. The van der Waals surface area contributed by atoms with Gasteiger partial charge in [-0.15, -0.1) is 0 Å². The molecule has 2 atom stereocenters. The van der Waals surface area contributed by atoms with E-state index in [1.54, 1.807) is 11.8 Å². The number of rotatable bonds is 6. The van der Waals surface area contributed by atoms with E-state index >= 15 is 0 Å². The molecule has 1 N–H and O–H groups in total. The predicted octanol–water partition coefficient (Wildman–Crippen LogP) is 1.65. The van der Waals surface area contributed by atoms with Crippen LogP contribution in [0.2, 0.25) is 0 Å². The van der Waals surface area contributed by atoms with Crippen molar-refractivity contribution in [3.05, 3.63) is 0 Å². The summed E-state index contributed by atoms with van der Waals surface area (Å²) < 4.78 is 0. The number of amides is 2. The number of carbonyl (C=O) groups excluding carboxylic acids is 2. The van der Waals surface area contributed by atoms with Gasteiger partial charge in [-0.1, -0.05) is 13.8 Å². The van der Waals surface area contributed by atoms with Crippen molar-refractivity contribution in [1.29, 1.82) is 0 Å². The van der Waals surface area contributed by atoms with Gasteiger partial charge < -0.3 is 10.2 Å². The molecule has 0 spiro atoms. The summed E-state index contributed by atoms with van der Waals surface area (Å²) in [4.78, 5) is 26.1. The minimum absolute atomic E-state index is 0.0276. The fourth-order valence-electron chi connectivity index (χ4n) is 2.19. The lowest BCUT2D eigenvalue weighted by molar-refractivity contribution is -0.156. The molecule has 1 aliphatic heterocycles. The van der Waals surface area contributed by atoms with Gasteiger partial charge in [0.05, 0.1) is 0 Å². The van der Waals surface area contributed by atoms with Gasteiger partial charge in [0.2, 0.25) is 11.8 Å². The van der Waals surface area contributed by atoms with Crippen LogP contribution in [0, 0.1) is 0 Å². The summed E-state index contributed by atoms with van der Waals surface area (Å²) in [6.07, 6.45) is 1.60. The molecular weight excluding hydrogens is 248 g/mol. The molecule has 2 amide bonds. The van der Waals surface area contributed by atoms with Crippen LogP contribution in [-0.2, 0) is 9.59 Å². The molecule has 18 heavy (non-hydrogen) atoms. The van der Waals surface area contributed by atoms with Crippen molar-refractivity contribution in [2.24, 2.45) is 0 Å². The summed E-state index contributed by atoms with van der Waals surface area (Å²) in [5, 5.41) is 2.77. The predicted molar refractivity (Wildman–Crippen MR) is 75.6 cm³/mol. The Balaban J connectivity index is 2.73. The fourth-order valence-corrected chi connectivity index (χ4v) is 2.81. The largest absolute Gasteiger partial charge is 0.343 e. The first kappa shape index (κ1) is 15.3. The maximum atomic E-state index is 12.2. The third-order valence-corrected chi connectivity index (χ3v) is 4.62. The molecule has 0 aromatic heterocycles. The van der Waals surface area contributed by atoms with Gasteiger partial charge in [0.1, 0.15) is 11.6 Å². The van der Waals surface area contributed by atoms with Crippen molar-refractivity contribution in [3.63, 3.8) is 0 Å². The summed E-state index contributed by atoms with van der Waals surface area (Å²) >= 11 is 1.87. The van der Waals surface area contributed by atoms with Crippen LogP contribution in [0.1, 0.15) is 40.5 Å². The van der Waals surface area contributed by atoms with Gasteiger partial charge in [0.15, 0.2) is 0 Å². The van der Waals surface area contributed by atoms with E-state index in [0.29, 0.717) is 13.0 Å². The van der Waals surface area contributed by atoms with Gasteiger partial charge in [-0.3, -0.25) is 9.59 Å². The normalized spacial score (nSPS) is 28.4. The fraction of sp³-hybridized carbons (Fsp3) is 0.846. The monoisotopic (exact) mass is 272 g/mol. The van der Waals surface area contributed by atoms with Crippen LogP contribution in [0.25, 0.3) is 0 Å². The second kappa shape index (κ2) is 6.45.